The van der Waals surface area contributed by atoms with Crippen molar-refractivity contribution in [3.63, 3.8) is 0 Å². The number of aryl methyl sites for hydroxylation is 2. The first-order valence-corrected chi connectivity index (χ1v) is 8.99. The third kappa shape index (κ3) is 4.48. The number of fused-ring (bicyclic) bond motifs is 1. The minimum Gasteiger partial charge on any atom is -0.465 e. The third-order valence-corrected chi connectivity index (χ3v) is 4.56. The molecule has 0 spiro atoms. The van der Waals surface area contributed by atoms with Gasteiger partial charge in [0.1, 0.15) is 17.2 Å². The van der Waals surface area contributed by atoms with Crippen LogP contribution in [-0.4, -0.2) is 65.2 Å². The molecule has 0 radical (unpaired) electrons. The van der Waals surface area contributed by atoms with Gasteiger partial charge in [-0.1, -0.05) is 5.21 Å². The van der Waals surface area contributed by atoms with E-state index in [2.05, 4.69) is 47.2 Å². The monoisotopic (exact) mass is 347 g/mol. The van der Waals surface area contributed by atoms with Gasteiger partial charge in [0.05, 0.1) is 25.5 Å². The van der Waals surface area contributed by atoms with E-state index in [1.807, 2.05) is 17.7 Å². The van der Waals surface area contributed by atoms with Gasteiger partial charge in [-0.3, -0.25) is 4.90 Å². The van der Waals surface area contributed by atoms with Crippen molar-refractivity contribution in [1.29, 1.82) is 0 Å². The Hall–Kier alpha value is -1.70. The molecule has 3 rings (SSSR count). The molecule has 0 saturated carbocycles. The average molecular weight is 347 g/mol. The SMILES string of the molecule is CCn1nnc2c1[C@@H](COCCN(C)C)CN(Cc1ccc(C)o1)C2. The van der Waals surface area contributed by atoms with Crippen molar-refractivity contribution in [2.45, 2.75) is 39.4 Å². The summed E-state index contributed by atoms with van der Waals surface area (Å²) in [5.74, 6) is 2.24. The van der Waals surface area contributed by atoms with Crippen LogP contribution in [0.25, 0.3) is 0 Å². The Balaban J connectivity index is 1.69. The Morgan fingerprint density at radius 1 is 1.36 bits per heavy atom. The van der Waals surface area contributed by atoms with Gasteiger partial charge >= 0.3 is 0 Å². The van der Waals surface area contributed by atoms with Crippen LogP contribution in [0, 0.1) is 6.92 Å². The van der Waals surface area contributed by atoms with Gasteiger partial charge in [-0.25, -0.2) is 4.68 Å². The highest BCUT2D eigenvalue weighted by Crippen LogP contribution is 2.28. The van der Waals surface area contributed by atoms with Crippen LogP contribution in [0.4, 0.5) is 0 Å². The van der Waals surface area contributed by atoms with Gasteiger partial charge in [0.25, 0.3) is 0 Å². The lowest BCUT2D eigenvalue weighted by molar-refractivity contribution is 0.0816. The summed E-state index contributed by atoms with van der Waals surface area (Å²) in [6.45, 7) is 9.83. The van der Waals surface area contributed by atoms with E-state index in [4.69, 9.17) is 9.15 Å². The zero-order chi connectivity index (χ0) is 17.8. The van der Waals surface area contributed by atoms with Gasteiger partial charge < -0.3 is 14.1 Å². The van der Waals surface area contributed by atoms with Crippen LogP contribution in [0.1, 0.15) is 35.7 Å². The van der Waals surface area contributed by atoms with Crippen LogP contribution >= 0.6 is 0 Å². The van der Waals surface area contributed by atoms with E-state index in [-0.39, 0.29) is 5.92 Å². The lowest BCUT2D eigenvalue weighted by Crippen LogP contribution is -2.36. The lowest BCUT2D eigenvalue weighted by atomic mass is 9.98. The molecule has 0 bridgehead atoms. The molecule has 25 heavy (non-hydrogen) atoms. The highest BCUT2D eigenvalue weighted by atomic mass is 16.5. The maximum Gasteiger partial charge on any atom is 0.118 e. The summed E-state index contributed by atoms with van der Waals surface area (Å²) in [7, 11) is 4.12. The van der Waals surface area contributed by atoms with Crippen molar-refractivity contribution in [3.05, 3.63) is 35.0 Å². The second-order valence-electron chi connectivity index (χ2n) is 6.99. The molecule has 0 fully saturated rings. The topological polar surface area (TPSA) is 59.6 Å². The number of nitrogens with zero attached hydrogens (tertiary/aromatic N) is 5. The molecule has 0 saturated heterocycles. The summed E-state index contributed by atoms with van der Waals surface area (Å²) in [5.41, 5.74) is 2.30. The first-order valence-electron chi connectivity index (χ1n) is 8.99. The van der Waals surface area contributed by atoms with Crippen LogP contribution in [0.3, 0.4) is 0 Å². The number of hydrogen-bond donors (Lipinski definition) is 0. The number of aromatic nitrogens is 3. The molecule has 7 nitrogen and oxygen atoms in total. The molecule has 1 atom stereocenters. The fourth-order valence-electron chi connectivity index (χ4n) is 3.34. The Kier molecular flexibility index (Phi) is 5.88. The summed E-state index contributed by atoms with van der Waals surface area (Å²) in [5, 5.41) is 8.73. The summed E-state index contributed by atoms with van der Waals surface area (Å²) >= 11 is 0. The maximum absolute atomic E-state index is 5.95. The van der Waals surface area contributed by atoms with Crippen LogP contribution in [0.15, 0.2) is 16.5 Å². The molecule has 2 aromatic rings. The zero-order valence-electron chi connectivity index (χ0n) is 15.7. The first kappa shape index (κ1) is 18.1. The smallest absolute Gasteiger partial charge is 0.118 e. The van der Waals surface area contributed by atoms with Gasteiger partial charge in [0, 0.05) is 32.1 Å². The molecule has 0 aliphatic carbocycles. The number of ether oxygens (including phenoxy) is 1. The minimum atomic E-state index is 0.289. The molecule has 0 N–H and O–H groups in total. The van der Waals surface area contributed by atoms with Crippen LogP contribution in [0.2, 0.25) is 0 Å². The van der Waals surface area contributed by atoms with Crippen molar-refractivity contribution >= 4 is 0 Å². The predicted molar refractivity (Wildman–Crippen MR) is 95.4 cm³/mol. The standard InChI is InChI=1S/C18H29N5O2/c1-5-23-18-15(13-24-9-8-21(3)4)10-22(12-17(18)19-20-23)11-16-7-6-14(2)25-16/h6-7,15H,5,8-13H2,1-4H3/t15-/m1/s1. The average Bonchev–Trinajstić information content (AvgIpc) is 3.17. The predicted octanol–water partition coefficient (Wildman–Crippen LogP) is 1.88. The molecule has 138 valence electrons. The molecule has 1 aliphatic heterocycles. The first-order chi connectivity index (χ1) is 12.1. The quantitative estimate of drug-likeness (QED) is 0.680. The molecule has 1 aliphatic rings. The molecule has 7 heteroatoms. The lowest BCUT2D eigenvalue weighted by Gasteiger charge is -2.31. The van der Waals surface area contributed by atoms with E-state index in [0.29, 0.717) is 6.61 Å². The highest BCUT2D eigenvalue weighted by Gasteiger charge is 2.31. The Morgan fingerprint density at radius 2 is 2.20 bits per heavy atom. The summed E-state index contributed by atoms with van der Waals surface area (Å²) in [6.07, 6.45) is 0. The van der Waals surface area contributed by atoms with Crippen molar-refractivity contribution in [2.24, 2.45) is 0 Å². The van der Waals surface area contributed by atoms with Gasteiger partial charge in [-0.2, -0.15) is 0 Å². The third-order valence-electron chi connectivity index (χ3n) is 4.56. The van der Waals surface area contributed by atoms with E-state index in [1.54, 1.807) is 0 Å². The molecule has 0 amide bonds. The summed E-state index contributed by atoms with van der Waals surface area (Å²) in [6, 6.07) is 4.07. The van der Waals surface area contributed by atoms with Gasteiger partial charge in [0.15, 0.2) is 0 Å². The fraction of sp³-hybridized carbons (Fsp3) is 0.667. The van der Waals surface area contributed by atoms with Crippen molar-refractivity contribution in [1.82, 2.24) is 24.8 Å². The Labute approximate surface area is 149 Å². The maximum atomic E-state index is 5.95. The molecular weight excluding hydrogens is 318 g/mol. The molecule has 3 heterocycles. The van der Waals surface area contributed by atoms with Crippen LogP contribution in [-0.2, 0) is 24.4 Å². The number of furan rings is 1. The van der Waals surface area contributed by atoms with E-state index in [9.17, 15) is 0 Å². The molecule has 2 aromatic heterocycles. The van der Waals surface area contributed by atoms with Crippen molar-refractivity contribution < 1.29 is 9.15 Å². The second kappa shape index (κ2) is 8.12. The molecule has 0 unspecified atom stereocenters. The van der Waals surface area contributed by atoms with Gasteiger partial charge in [0.2, 0.25) is 0 Å². The van der Waals surface area contributed by atoms with Crippen LogP contribution < -0.4 is 0 Å². The largest absolute Gasteiger partial charge is 0.465 e. The zero-order valence-corrected chi connectivity index (χ0v) is 15.7. The van der Waals surface area contributed by atoms with Gasteiger partial charge in [-0.05, 0) is 40.1 Å². The fourth-order valence-corrected chi connectivity index (χ4v) is 3.34. The number of likely N-dealkylation sites (N-methyl/N-ethyl adjacent to an activating group) is 1. The Morgan fingerprint density at radius 3 is 2.88 bits per heavy atom. The van der Waals surface area contributed by atoms with Crippen molar-refractivity contribution in [3.8, 4) is 0 Å². The van der Waals surface area contributed by atoms with E-state index in [1.165, 1.54) is 5.69 Å². The minimum absolute atomic E-state index is 0.289. The van der Waals surface area contributed by atoms with E-state index in [0.717, 1.165) is 56.5 Å². The number of rotatable bonds is 8. The van der Waals surface area contributed by atoms with E-state index < -0.39 is 0 Å². The molecular formula is C18H29N5O2. The molecule has 0 aromatic carbocycles. The van der Waals surface area contributed by atoms with Crippen molar-refractivity contribution in [2.75, 3.05) is 40.4 Å². The van der Waals surface area contributed by atoms with Crippen LogP contribution in [0.5, 0.6) is 0 Å². The summed E-state index contributed by atoms with van der Waals surface area (Å²) < 4.78 is 13.7. The van der Waals surface area contributed by atoms with E-state index >= 15 is 0 Å². The normalized spacial score (nSPS) is 18.0. The number of hydrogen-bond acceptors (Lipinski definition) is 6. The summed E-state index contributed by atoms with van der Waals surface area (Å²) in [4.78, 5) is 4.50. The Bertz CT molecular complexity index is 679. The van der Waals surface area contributed by atoms with Gasteiger partial charge in [-0.15, -0.1) is 5.10 Å². The second-order valence-corrected chi connectivity index (χ2v) is 6.99. The highest BCUT2D eigenvalue weighted by molar-refractivity contribution is 5.20.